The first kappa shape index (κ1) is 30.1. The summed E-state index contributed by atoms with van der Waals surface area (Å²) >= 11 is 0. The fourth-order valence-electron chi connectivity index (χ4n) is 4.81. The number of nitrogens with one attached hydrogen (secondary N) is 4. The van der Waals surface area contributed by atoms with Gasteiger partial charge in [-0.05, 0) is 30.5 Å². The second-order valence-electron chi connectivity index (χ2n) is 9.82. The maximum atomic E-state index is 13.2. The zero-order chi connectivity index (χ0) is 30.1. The minimum Gasteiger partial charge on any atom is -0.496 e. The number of H-pyrrole nitrogens is 1. The van der Waals surface area contributed by atoms with E-state index in [2.05, 4.69) is 43.0 Å². The molecule has 3 amide bonds. The zero-order valence-electron chi connectivity index (χ0n) is 23.4. The molecule has 1 aliphatic heterocycles. The Kier molecular flexibility index (Phi) is 10.1. The fourth-order valence-corrected chi connectivity index (χ4v) is 4.81. The summed E-state index contributed by atoms with van der Waals surface area (Å²) < 4.78 is 10.5. The second kappa shape index (κ2) is 14.1. The van der Waals surface area contributed by atoms with Crippen LogP contribution in [0.2, 0.25) is 0 Å². The summed E-state index contributed by atoms with van der Waals surface area (Å²) in [6.45, 7) is 2.42. The van der Waals surface area contributed by atoms with E-state index in [4.69, 9.17) is 9.47 Å². The van der Waals surface area contributed by atoms with Gasteiger partial charge in [0.1, 0.15) is 28.9 Å². The number of carbonyl (C=O) groups is 3. The predicted octanol–water partition coefficient (Wildman–Crippen LogP) is 2.00. The number of urea groups is 1. The van der Waals surface area contributed by atoms with Gasteiger partial charge in [-0.25, -0.2) is 14.4 Å². The second-order valence-corrected chi connectivity index (χ2v) is 9.82. The number of aromatic amines is 1. The summed E-state index contributed by atoms with van der Waals surface area (Å²) in [6.07, 6.45) is 2.44. The molecule has 2 aromatic carbocycles. The topological polar surface area (TPSA) is 175 Å². The molecule has 4 rings (SSSR count). The van der Waals surface area contributed by atoms with E-state index in [0.717, 1.165) is 32.5 Å². The Morgan fingerprint density at radius 2 is 1.71 bits per heavy atom. The summed E-state index contributed by atoms with van der Waals surface area (Å²) in [7, 11) is 2.79. The van der Waals surface area contributed by atoms with Crippen molar-refractivity contribution >= 4 is 23.7 Å². The highest BCUT2D eigenvalue weighted by Crippen LogP contribution is 2.29. The highest BCUT2D eigenvalue weighted by Gasteiger charge is 2.27. The van der Waals surface area contributed by atoms with Crippen LogP contribution in [0.3, 0.4) is 0 Å². The monoisotopic (exact) mass is 578 g/mol. The van der Waals surface area contributed by atoms with Crippen molar-refractivity contribution < 1.29 is 29.0 Å². The van der Waals surface area contributed by atoms with Crippen LogP contribution in [0.1, 0.15) is 34.3 Å². The van der Waals surface area contributed by atoms with Crippen molar-refractivity contribution in [3.05, 3.63) is 81.9 Å². The lowest BCUT2D eigenvalue weighted by Crippen LogP contribution is -2.52. The van der Waals surface area contributed by atoms with Crippen LogP contribution in [-0.2, 0) is 17.8 Å². The van der Waals surface area contributed by atoms with Gasteiger partial charge in [0.05, 0.1) is 14.2 Å². The van der Waals surface area contributed by atoms with Gasteiger partial charge in [0.2, 0.25) is 0 Å². The van der Waals surface area contributed by atoms with Crippen LogP contribution in [0.25, 0.3) is 0 Å². The van der Waals surface area contributed by atoms with Crippen molar-refractivity contribution in [1.82, 2.24) is 25.5 Å². The van der Waals surface area contributed by atoms with Crippen molar-refractivity contribution in [1.29, 1.82) is 0 Å². The molecule has 1 atom stereocenters. The number of carbonyl (C=O) groups excluding carboxylic acids is 2. The Labute approximate surface area is 242 Å². The lowest BCUT2D eigenvalue weighted by molar-refractivity contribution is -0.139. The molecule has 3 aromatic rings. The number of aromatic nitrogens is 2. The maximum Gasteiger partial charge on any atom is 0.346 e. The molecule has 13 heteroatoms. The molecule has 0 bridgehead atoms. The maximum absolute atomic E-state index is 13.2. The molecule has 42 heavy (non-hydrogen) atoms. The first-order valence-electron chi connectivity index (χ1n) is 13.4. The van der Waals surface area contributed by atoms with Crippen LogP contribution in [0.4, 0.5) is 10.6 Å². The van der Waals surface area contributed by atoms with Crippen LogP contribution in [-0.4, -0.2) is 77.3 Å². The molecular weight excluding hydrogens is 544 g/mol. The van der Waals surface area contributed by atoms with Crippen molar-refractivity contribution in [2.45, 2.75) is 37.9 Å². The lowest BCUT2D eigenvalue weighted by Gasteiger charge is -2.32. The van der Waals surface area contributed by atoms with Gasteiger partial charge in [-0.15, -0.1) is 0 Å². The van der Waals surface area contributed by atoms with E-state index in [9.17, 15) is 24.3 Å². The molecule has 13 nitrogen and oxygen atoms in total. The number of nitrogens with zero attached hydrogens (tertiary/aromatic N) is 2. The first-order chi connectivity index (χ1) is 20.3. The van der Waals surface area contributed by atoms with Crippen LogP contribution in [0.5, 0.6) is 11.5 Å². The van der Waals surface area contributed by atoms with Crippen LogP contribution < -0.4 is 31.1 Å². The number of methoxy groups -OCH3 is 2. The molecule has 0 saturated carbocycles. The van der Waals surface area contributed by atoms with Crippen LogP contribution in [0.15, 0.2) is 59.5 Å². The third-order valence-corrected chi connectivity index (χ3v) is 6.97. The van der Waals surface area contributed by atoms with Gasteiger partial charge in [-0.2, -0.15) is 4.98 Å². The number of likely N-dealkylation sites (tertiary alicyclic amines) is 1. The van der Waals surface area contributed by atoms with Gasteiger partial charge in [0.25, 0.3) is 5.91 Å². The molecule has 2 heterocycles. The number of piperidine rings is 1. The van der Waals surface area contributed by atoms with E-state index in [0.29, 0.717) is 0 Å². The van der Waals surface area contributed by atoms with Crippen LogP contribution >= 0.6 is 0 Å². The van der Waals surface area contributed by atoms with E-state index < -0.39 is 29.6 Å². The largest absolute Gasteiger partial charge is 0.496 e. The number of ether oxygens (including phenoxy) is 2. The Morgan fingerprint density at radius 1 is 1.05 bits per heavy atom. The van der Waals surface area contributed by atoms with Crippen molar-refractivity contribution in [3.8, 4) is 11.5 Å². The third-order valence-electron chi connectivity index (χ3n) is 6.97. The van der Waals surface area contributed by atoms with Crippen molar-refractivity contribution in [2.24, 2.45) is 0 Å². The zero-order valence-corrected chi connectivity index (χ0v) is 23.4. The van der Waals surface area contributed by atoms with E-state index in [-0.39, 0.29) is 40.9 Å². The normalized spacial score (nSPS) is 14.4. The molecule has 0 aliphatic carbocycles. The standard InChI is InChI=1S/C29H34N6O7/c1-41-22-9-6-10-23(42-2)24(22)26(36)33-25-19(16-30-28(39)34-25)15-21(27(37)38)32-29(40)31-20-11-13-35(14-12-20)17-18-7-4-3-5-8-18/h3-10,16,20-21H,11-15,17H2,1-2H3,(H,37,38)(H2,31,32,40)(H2,30,33,34,36,39). The third kappa shape index (κ3) is 7.85. The summed E-state index contributed by atoms with van der Waals surface area (Å²) in [6, 6.07) is 12.8. The lowest BCUT2D eigenvalue weighted by atomic mass is 10.0. The van der Waals surface area contributed by atoms with E-state index in [1.807, 2.05) is 18.2 Å². The summed E-state index contributed by atoms with van der Waals surface area (Å²) in [5, 5.41) is 17.7. The molecular formula is C29H34N6O7. The van der Waals surface area contributed by atoms with Crippen molar-refractivity contribution in [2.75, 3.05) is 32.6 Å². The quantitative estimate of drug-likeness (QED) is 0.228. The molecule has 1 unspecified atom stereocenters. The van der Waals surface area contributed by atoms with Gasteiger partial charge in [0.15, 0.2) is 0 Å². The molecule has 5 N–H and O–H groups in total. The molecule has 0 spiro atoms. The number of anilines is 1. The SMILES string of the molecule is COc1cccc(OC)c1C(=O)Nc1nc(=O)[nH]cc1CC(NC(=O)NC1CCN(Cc2ccccc2)CC1)C(=O)O. The minimum absolute atomic E-state index is 0.0673. The summed E-state index contributed by atoms with van der Waals surface area (Å²) in [4.78, 5) is 58.5. The molecule has 222 valence electrons. The van der Waals surface area contributed by atoms with Gasteiger partial charge < -0.3 is 35.5 Å². The first-order valence-corrected chi connectivity index (χ1v) is 13.4. The number of hydrogen-bond acceptors (Lipinski definition) is 8. The minimum atomic E-state index is -1.37. The number of aliphatic carboxylic acids is 1. The molecule has 1 fully saturated rings. The molecule has 1 aromatic heterocycles. The number of hydrogen-bond donors (Lipinski definition) is 5. The van der Waals surface area contributed by atoms with Gasteiger partial charge in [0, 0.05) is 43.9 Å². The molecule has 0 radical (unpaired) electrons. The average molecular weight is 579 g/mol. The highest BCUT2D eigenvalue weighted by atomic mass is 16.5. The highest BCUT2D eigenvalue weighted by molar-refractivity contribution is 6.08. The smallest absolute Gasteiger partial charge is 0.346 e. The fraction of sp³-hybridized carbons (Fsp3) is 0.345. The molecule has 1 saturated heterocycles. The number of benzene rings is 2. The van der Waals surface area contributed by atoms with E-state index in [1.54, 1.807) is 18.2 Å². The Bertz CT molecular complexity index is 1430. The van der Waals surface area contributed by atoms with E-state index in [1.165, 1.54) is 26.0 Å². The van der Waals surface area contributed by atoms with Crippen molar-refractivity contribution in [3.63, 3.8) is 0 Å². The Hall–Kier alpha value is -4.91. The van der Waals surface area contributed by atoms with Gasteiger partial charge in [-0.1, -0.05) is 36.4 Å². The Balaban J connectivity index is 1.39. The number of amides is 3. The summed E-state index contributed by atoms with van der Waals surface area (Å²) in [5.74, 6) is -1.68. The van der Waals surface area contributed by atoms with Gasteiger partial charge in [-0.3, -0.25) is 9.69 Å². The van der Waals surface area contributed by atoms with E-state index >= 15 is 0 Å². The van der Waals surface area contributed by atoms with Gasteiger partial charge >= 0.3 is 17.7 Å². The predicted molar refractivity (Wildman–Crippen MR) is 154 cm³/mol. The molecule has 1 aliphatic rings. The number of carboxylic acids is 1. The number of rotatable bonds is 11. The average Bonchev–Trinajstić information content (AvgIpc) is 2.99. The van der Waals surface area contributed by atoms with Crippen LogP contribution in [0, 0.1) is 0 Å². The summed E-state index contributed by atoms with van der Waals surface area (Å²) in [5.41, 5.74) is 0.730. The Morgan fingerprint density at radius 3 is 2.33 bits per heavy atom. The number of carboxylic acid groups (broad SMARTS) is 1.